The van der Waals surface area contributed by atoms with Gasteiger partial charge in [0.1, 0.15) is 5.75 Å². The number of amides is 1. The minimum absolute atomic E-state index is 0.00598. The second kappa shape index (κ2) is 6.72. The highest BCUT2D eigenvalue weighted by molar-refractivity contribution is 7.98. The fraction of sp³-hybridized carbons (Fsp3) is 0.273. The maximum atomic E-state index is 12.4. The van der Waals surface area contributed by atoms with Crippen LogP contribution in [-0.4, -0.2) is 36.5 Å². The largest absolute Gasteiger partial charge is 0.573 e. The summed E-state index contributed by atoms with van der Waals surface area (Å²) in [5.74, 6) is -0.919. The summed E-state index contributed by atoms with van der Waals surface area (Å²) in [7, 11) is 1.59. The van der Waals surface area contributed by atoms with Crippen molar-refractivity contribution in [1.82, 2.24) is 21.4 Å². The number of carbonyl (C=O) groups excluding carboxylic acids is 1. The van der Waals surface area contributed by atoms with Gasteiger partial charge in [-0.3, -0.25) is 15.1 Å². The molecule has 1 aliphatic rings. The first kappa shape index (κ1) is 17.5. The molecule has 0 bridgehead atoms. The van der Waals surface area contributed by atoms with Crippen LogP contribution in [0.2, 0.25) is 5.02 Å². The zero-order valence-electron chi connectivity index (χ0n) is 11.8. The van der Waals surface area contributed by atoms with Crippen LogP contribution in [0.1, 0.15) is 10.4 Å². The number of hydrazine groups is 2. The summed E-state index contributed by atoms with van der Waals surface area (Å²) in [6, 6.07) is 2.19. The Morgan fingerprint density at radius 1 is 1.48 bits per heavy atom. The zero-order valence-corrected chi connectivity index (χ0v) is 13.4. The van der Waals surface area contributed by atoms with Crippen molar-refractivity contribution < 1.29 is 22.7 Å². The number of hydrogen-bond acceptors (Lipinski definition) is 7. The van der Waals surface area contributed by atoms with Crippen LogP contribution in [0.4, 0.5) is 13.2 Å². The summed E-state index contributed by atoms with van der Waals surface area (Å²) in [5.41, 5.74) is 4.99. The standard InChI is InChI=1S/C11H11ClF3N5O2S/c1-20-10(17-18-19-20)16-9(21)5-3-4-6(22-11(13,14)15)8(23-2)7(5)12/h3-4,18-19H,1-2H3,(H,16,17,21). The van der Waals surface area contributed by atoms with Crippen molar-refractivity contribution in [3.63, 3.8) is 0 Å². The number of nitrogens with one attached hydrogen (secondary N) is 3. The SMILES string of the molecule is CSc1c(OC(F)(F)F)ccc(C(=O)NC2=NNNN2C)c1Cl. The van der Waals surface area contributed by atoms with E-state index in [1.54, 1.807) is 7.05 Å². The number of ether oxygens (including phenoxy) is 1. The number of carbonyl (C=O) groups is 1. The molecule has 0 saturated heterocycles. The van der Waals surface area contributed by atoms with Crippen LogP contribution in [0, 0.1) is 0 Å². The van der Waals surface area contributed by atoms with Gasteiger partial charge in [0.25, 0.3) is 5.91 Å². The highest BCUT2D eigenvalue weighted by atomic mass is 35.5. The number of alkyl halides is 3. The molecule has 1 aromatic rings. The van der Waals surface area contributed by atoms with Gasteiger partial charge in [0.2, 0.25) is 5.96 Å². The second-order valence-electron chi connectivity index (χ2n) is 4.18. The van der Waals surface area contributed by atoms with Gasteiger partial charge in [-0.05, 0) is 18.4 Å². The van der Waals surface area contributed by atoms with Crippen molar-refractivity contribution in [2.24, 2.45) is 5.10 Å². The fourth-order valence-corrected chi connectivity index (χ4v) is 2.74. The maximum absolute atomic E-state index is 12.4. The first-order chi connectivity index (χ1) is 10.7. The van der Waals surface area contributed by atoms with E-state index < -0.39 is 18.0 Å². The van der Waals surface area contributed by atoms with Gasteiger partial charge >= 0.3 is 6.36 Å². The predicted octanol–water partition coefficient (Wildman–Crippen LogP) is 1.92. The lowest BCUT2D eigenvalue weighted by Crippen LogP contribution is -2.45. The van der Waals surface area contributed by atoms with Crippen molar-refractivity contribution in [1.29, 1.82) is 0 Å². The van der Waals surface area contributed by atoms with Crippen LogP contribution in [-0.2, 0) is 0 Å². The molecule has 126 valence electrons. The third-order valence-corrected chi connectivity index (χ3v) is 3.98. The first-order valence-electron chi connectivity index (χ1n) is 5.98. The molecule has 0 saturated carbocycles. The number of nitrogens with zero attached hydrogens (tertiary/aromatic N) is 2. The Balaban J connectivity index is 2.28. The maximum Gasteiger partial charge on any atom is 0.573 e. The van der Waals surface area contributed by atoms with E-state index in [1.807, 2.05) is 0 Å². The Morgan fingerprint density at radius 2 is 2.17 bits per heavy atom. The average Bonchev–Trinajstić information content (AvgIpc) is 2.83. The van der Waals surface area contributed by atoms with Crippen molar-refractivity contribution in [2.45, 2.75) is 11.3 Å². The van der Waals surface area contributed by atoms with Gasteiger partial charge in [0.05, 0.1) is 15.5 Å². The van der Waals surface area contributed by atoms with Crippen LogP contribution in [0.5, 0.6) is 5.75 Å². The Bertz CT molecular complexity index is 655. The van der Waals surface area contributed by atoms with E-state index in [-0.39, 0.29) is 21.4 Å². The average molecular weight is 370 g/mol. The molecule has 0 atom stereocenters. The molecule has 0 aliphatic carbocycles. The molecule has 0 unspecified atom stereocenters. The quantitative estimate of drug-likeness (QED) is 0.707. The molecule has 1 aromatic carbocycles. The van der Waals surface area contributed by atoms with Crippen LogP contribution in [0.3, 0.4) is 0 Å². The molecule has 0 fully saturated rings. The molecule has 1 heterocycles. The molecule has 23 heavy (non-hydrogen) atoms. The van der Waals surface area contributed by atoms with E-state index in [2.05, 4.69) is 26.2 Å². The lowest BCUT2D eigenvalue weighted by Gasteiger charge is -2.16. The van der Waals surface area contributed by atoms with E-state index in [0.29, 0.717) is 0 Å². The van der Waals surface area contributed by atoms with Crippen LogP contribution in [0.15, 0.2) is 22.1 Å². The number of hydrogen-bond donors (Lipinski definition) is 3. The molecular weight excluding hydrogens is 359 g/mol. The van der Waals surface area contributed by atoms with Crippen molar-refractivity contribution >= 4 is 35.2 Å². The smallest absolute Gasteiger partial charge is 0.405 e. The van der Waals surface area contributed by atoms with Gasteiger partial charge in [0.15, 0.2) is 0 Å². The van der Waals surface area contributed by atoms with E-state index >= 15 is 0 Å². The monoisotopic (exact) mass is 369 g/mol. The Labute approximate surface area is 138 Å². The molecular formula is C11H11ClF3N5O2S. The Morgan fingerprint density at radius 3 is 2.70 bits per heavy atom. The molecule has 1 amide bonds. The van der Waals surface area contributed by atoms with E-state index in [0.717, 1.165) is 23.9 Å². The third kappa shape index (κ3) is 4.12. The van der Waals surface area contributed by atoms with Gasteiger partial charge in [-0.2, -0.15) is 0 Å². The molecule has 2 rings (SSSR count). The second-order valence-corrected chi connectivity index (χ2v) is 5.37. The number of benzene rings is 1. The zero-order chi connectivity index (χ0) is 17.2. The number of halogens is 4. The highest BCUT2D eigenvalue weighted by Gasteiger charge is 2.33. The minimum atomic E-state index is -4.85. The predicted molar refractivity (Wildman–Crippen MR) is 78.9 cm³/mol. The van der Waals surface area contributed by atoms with Gasteiger partial charge in [-0.15, -0.1) is 35.6 Å². The summed E-state index contributed by atoms with van der Waals surface area (Å²) in [6.45, 7) is 0. The third-order valence-electron chi connectivity index (χ3n) is 2.66. The first-order valence-corrected chi connectivity index (χ1v) is 7.59. The van der Waals surface area contributed by atoms with Crippen molar-refractivity contribution in [3.05, 3.63) is 22.7 Å². The van der Waals surface area contributed by atoms with Gasteiger partial charge in [-0.25, -0.2) is 5.53 Å². The number of guanidine groups is 1. The fourth-order valence-electron chi connectivity index (χ4n) is 1.67. The lowest BCUT2D eigenvalue weighted by atomic mass is 10.2. The molecule has 0 aromatic heterocycles. The van der Waals surface area contributed by atoms with Gasteiger partial charge in [-0.1, -0.05) is 11.6 Å². The van der Waals surface area contributed by atoms with Gasteiger partial charge < -0.3 is 4.74 Å². The van der Waals surface area contributed by atoms with Crippen LogP contribution >= 0.6 is 23.4 Å². The van der Waals surface area contributed by atoms with Gasteiger partial charge in [0, 0.05) is 7.05 Å². The summed E-state index contributed by atoms with van der Waals surface area (Å²) in [5, 5.41) is 7.46. The highest BCUT2D eigenvalue weighted by Crippen LogP contribution is 2.39. The molecule has 7 nitrogen and oxygen atoms in total. The summed E-state index contributed by atoms with van der Waals surface area (Å²) in [6.07, 6.45) is -3.33. The van der Waals surface area contributed by atoms with Crippen LogP contribution < -0.4 is 21.1 Å². The molecule has 3 N–H and O–H groups in total. The van der Waals surface area contributed by atoms with E-state index in [4.69, 9.17) is 11.6 Å². The molecule has 12 heteroatoms. The molecule has 1 aliphatic heterocycles. The lowest BCUT2D eigenvalue weighted by molar-refractivity contribution is -0.275. The molecule has 0 radical (unpaired) electrons. The Hall–Kier alpha value is -1.85. The van der Waals surface area contributed by atoms with Crippen LogP contribution in [0.25, 0.3) is 0 Å². The number of hydrazone groups is 1. The minimum Gasteiger partial charge on any atom is -0.405 e. The number of rotatable bonds is 3. The summed E-state index contributed by atoms with van der Waals surface area (Å²) in [4.78, 5) is 12.2. The van der Waals surface area contributed by atoms with Crippen molar-refractivity contribution in [2.75, 3.05) is 13.3 Å². The summed E-state index contributed by atoms with van der Waals surface area (Å²) >= 11 is 6.98. The molecule has 0 spiro atoms. The topological polar surface area (TPSA) is 78.0 Å². The van der Waals surface area contributed by atoms with Crippen molar-refractivity contribution in [3.8, 4) is 5.75 Å². The Kier molecular flexibility index (Phi) is 5.12. The normalized spacial score (nSPS) is 14.3. The van der Waals surface area contributed by atoms with E-state index in [1.165, 1.54) is 11.3 Å². The number of thioether (sulfide) groups is 1. The van der Waals surface area contributed by atoms with E-state index in [9.17, 15) is 18.0 Å². The summed E-state index contributed by atoms with van der Waals surface area (Å²) < 4.78 is 41.0.